The molecule has 9 atom stereocenters. The summed E-state index contributed by atoms with van der Waals surface area (Å²) in [7, 11) is 2.98. The molecule has 0 unspecified atom stereocenters. The normalized spacial score (nSPS) is 14.9. The average molecular weight is 1040 g/mol. The number of Topliss-reactive ketones (excluding diaryl/α,β-unsaturated/α-hetero) is 1. The zero-order valence-electron chi connectivity index (χ0n) is 43.0. The quantitative estimate of drug-likeness (QED) is 0.0114. The Hall–Kier alpha value is -7.90. The Balaban J connectivity index is 3.60. The highest BCUT2D eigenvalue weighted by Crippen LogP contribution is 2.18. The molecule has 0 fully saturated rings. The maximum Gasteiger partial charge on any atom is 0.326 e. The van der Waals surface area contributed by atoms with Crippen LogP contribution in [0, 0.1) is 11.8 Å². The topological polar surface area (TPSA) is 433 Å². The summed E-state index contributed by atoms with van der Waals surface area (Å²) in [6.45, 7) is 7.38. The summed E-state index contributed by atoms with van der Waals surface area (Å²) in [5.41, 5.74) is 23.5. The summed E-state index contributed by atoms with van der Waals surface area (Å²) < 4.78 is 5.80. The number of amides is 7. The number of carboxylic acids is 2. The van der Waals surface area contributed by atoms with Gasteiger partial charge in [-0.2, -0.15) is 0 Å². The number of hydrogen-bond donors (Lipinski definition) is 13. The number of carboxylic acid groups (broad SMARTS) is 2. The first kappa shape index (κ1) is 64.1. The monoisotopic (exact) mass is 1040 g/mol. The van der Waals surface area contributed by atoms with Crippen molar-refractivity contribution in [1.82, 2.24) is 37.2 Å². The SMILES string of the molecule is CNC(=O)CC[C@@H](NC(=O)[C@@H](C)[C@H](/C=C/C(C)=C/[C@H](C)[C@H](Cc1ccccc1)OC)NC(=O)[C@H](CCCN=C(N)N)NC(=O)C[C@@H](NC(=O)[C@H](CCCN=C(N)N)NC(=O)[C@@H](C)NC(=O)C(C)=O)C(=O)O)C(=O)O. The van der Waals surface area contributed by atoms with Gasteiger partial charge in [-0.05, 0) is 57.9 Å². The molecule has 0 spiro atoms. The Morgan fingerprint density at radius 1 is 0.662 bits per heavy atom. The molecule has 0 saturated carbocycles. The Labute approximate surface area is 430 Å². The van der Waals surface area contributed by atoms with E-state index in [0.29, 0.717) is 12.0 Å². The Bertz CT molecular complexity index is 2210. The third-order valence-electron chi connectivity index (χ3n) is 11.3. The minimum atomic E-state index is -1.94. The van der Waals surface area contributed by atoms with Crippen LogP contribution in [0.15, 0.2) is 64.1 Å². The van der Waals surface area contributed by atoms with Gasteiger partial charge in [-0.25, -0.2) is 9.59 Å². The van der Waals surface area contributed by atoms with Crippen LogP contribution in [0.1, 0.15) is 85.1 Å². The summed E-state index contributed by atoms with van der Waals surface area (Å²) >= 11 is 0. The Kier molecular flexibility index (Phi) is 29.2. The second kappa shape index (κ2) is 33.7. The predicted molar refractivity (Wildman–Crippen MR) is 273 cm³/mol. The Morgan fingerprint density at radius 2 is 1.19 bits per heavy atom. The van der Waals surface area contributed by atoms with E-state index in [1.54, 1.807) is 20.1 Å². The van der Waals surface area contributed by atoms with E-state index in [9.17, 15) is 58.2 Å². The van der Waals surface area contributed by atoms with Gasteiger partial charge >= 0.3 is 11.9 Å². The van der Waals surface area contributed by atoms with Crippen LogP contribution < -0.4 is 60.2 Å². The smallest absolute Gasteiger partial charge is 0.326 e. The molecule has 0 saturated heterocycles. The molecule has 26 heteroatoms. The third kappa shape index (κ3) is 25.5. The maximum atomic E-state index is 14.3. The molecule has 1 aromatic carbocycles. The number of ketones is 1. The molecular formula is C48H75N13O13. The number of nitrogens with two attached hydrogens (primary N) is 4. The van der Waals surface area contributed by atoms with Crippen molar-refractivity contribution >= 4 is 71.0 Å². The molecule has 0 aliphatic heterocycles. The van der Waals surface area contributed by atoms with Crippen LogP contribution in [0.25, 0.3) is 0 Å². The number of aliphatic carboxylic acids is 2. The van der Waals surface area contributed by atoms with Crippen molar-refractivity contribution in [2.45, 2.75) is 128 Å². The molecule has 17 N–H and O–H groups in total. The van der Waals surface area contributed by atoms with E-state index in [0.717, 1.165) is 12.5 Å². The van der Waals surface area contributed by atoms with Gasteiger partial charge < -0.3 is 75.1 Å². The van der Waals surface area contributed by atoms with Crippen LogP contribution in [0.2, 0.25) is 0 Å². The standard InChI is InChI=1S/C48H75N13O13/c1-26(23-27(2)37(74-7)24-31-13-9-8-10-14-31)17-18-32(28(3)40(65)60-35(45(70)71)19-20-38(63)53-6)58-43(68)33(15-11-21-54-47(49)50)57-39(64)25-36(46(72)73)61-44(69)34(16-12-22-55-48(51)52)59-41(66)29(4)56-42(67)30(5)62/h8-10,13-14,17-18,23,27-29,32-37H,11-12,15-16,19-22,24-25H2,1-7H3,(H,53,63)(H,56,67)(H,57,64)(H,58,68)(H,59,66)(H,60,65)(H,61,69)(H,70,71)(H,72,73)(H4,49,50,54)(H4,51,52,55)/b18-17+,26-23+/t27-,28-,29+,32-,33-,34-,35+,36+,37-/m0/s1. The molecule has 0 heterocycles. The van der Waals surface area contributed by atoms with Crippen LogP contribution >= 0.6 is 0 Å². The maximum absolute atomic E-state index is 14.3. The molecule has 26 nitrogen and oxygen atoms in total. The second-order valence-electron chi connectivity index (χ2n) is 17.5. The fourth-order valence-corrected chi connectivity index (χ4v) is 7.01. The van der Waals surface area contributed by atoms with E-state index in [1.807, 2.05) is 43.3 Å². The van der Waals surface area contributed by atoms with Crippen LogP contribution in [0.4, 0.5) is 0 Å². The first-order valence-electron chi connectivity index (χ1n) is 23.8. The number of carbonyl (C=O) groups is 10. The van der Waals surface area contributed by atoms with Crippen LogP contribution in [-0.2, 0) is 59.1 Å². The molecule has 0 bridgehead atoms. The first-order chi connectivity index (χ1) is 34.8. The van der Waals surface area contributed by atoms with E-state index in [4.69, 9.17) is 27.7 Å². The molecular weight excluding hydrogens is 967 g/mol. The fourth-order valence-electron chi connectivity index (χ4n) is 7.01. The van der Waals surface area contributed by atoms with Crippen molar-refractivity contribution in [3.63, 3.8) is 0 Å². The van der Waals surface area contributed by atoms with E-state index >= 15 is 0 Å². The van der Waals surface area contributed by atoms with Crippen molar-refractivity contribution in [1.29, 1.82) is 0 Å². The highest BCUT2D eigenvalue weighted by atomic mass is 16.5. The zero-order chi connectivity index (χ0) is 56.1. The van der Waals surface area contributed by atoms with E-state index < -0.39 is 108 Å². The number of carbonyl (C=O) groups excluding carboxylic acids is 8. The van der Waals surface area contributed by atoms with Crippen molar-refractivity contribution in [3.8, 4) is 0 Å². The van der Waals surface area contributed by atoms with E-state index in [2.05, 4.69) is 47.2 Å². The molecule has 0 aliphatic rings. The van der Waals surface area contributed by atoms with Crippen molar-refractivity contribution in [2.24, 2.45) is 44.8 Å². The number of benzene rings is 1. The molecule has 0 aliphatic carbocycles. The lowest BCUT2D eigenvalue weighted by Gasteiger charge is -2.27. The number of ether oxygens (including phenoxy) is 1. The predicted octanol–water partition coefficient (Wildman–Crippen LogP) is -2.27. The molecule has 410 valence electrons. The molecule has 0 aromatic heterocycles. The number of hydrogen-bond acceptors (Lipinski definition) is 13. The molecule has 1 rings (SSSR count). The summed E-state index contributed by atoms with van der Waals surface area (Å²) in [6, 6.07) is 0.895. The van der Waals surface area contributed by atoms with E-state index in [-0.39, 0.29) is 75.6 Å². The third-order valence-corrected chi connectivity index (χ3v) is 11.3. The van der Waals surface area contributed by atoms with Gasteiger partial charge in [-0.3, -0.25) is 48.3 Å². The lowest BCUT2D eigenvalue weighted by Crippen LogP contribution is -2.56. The van der Waals surface area contributed by atoms with Gasteiger partial charge in [0.25, 0.3) is 5.91 Å². The van der Waals surface area contributed by atoms with Gasteiger partial charge in [0.1, 0.15) is 30.2 Å². The molecule has 0 radical (unpaired) electrons. The molecule has 1 aromatic rings. The lowest BCUT2D eigenvalue weighted by atomic mass is 9.94. The fraction of sp³-hybridized carbons (Fsp3) is 0.542. The summed E-state index contributed by atoms with van der Waals surface area (Å²) in [6.07, 6.45) is 3.94. The van der Waals surface area contributed by atoms with Gasteiger partial charge in [-0.1, -0.05) is 68.0 Å². The van der Waals surface area contributed by atoms with Crippen molar-refractivity contribution in [2.75, 3.05) is 27.2 Å². The summed E-state index contributed by atoms with van der Waals surface area (Å²) in [4.78, 5) is 136. The number of nitrogens with one attached hydrogen (secondary N) is 7. The number of rotatable bonds is 34. The minimum absolute atomic E-state index is 0.00238. The van der Waals surface area contributed by atoms with Gasteiger partial charge in [0.2, 0.25) is 41.2 Å². The highest BCUT2D eigenvalue weighted by Gasteiger charge is 2.33. The van der Waals surface area contributed by atoms with Gasteiger partial charge in [0.05, 0.1) is 24.5 Å². The largest absolute Gasteiger partial charge is 0.480 e. The van der Waals surface area contributed by atoms with Gasteiger partial charge in [0, 0.05) is 46.5 Å². The van der Waals surface area contributed by atoms with Crippen LogP contribution in [-0.4, -0.2) is 151 Å². The summed E-state index contributed by atoms with van der Waals surface area (Å²) in [5.74, 6) is -12.0. The highest BCUT2D eigenvalue weighted by molar-refractivity contribution is 6.35. The van der Waals surface area contributed by atoms with Crippen molar-refractivity contribution in [3.05, 3.63) is 59.7 Å². The number of aliphatic imine (C=N–C) groups is 2. The second-order valence-corrected chi connectivity index (χ2v) is 17.5. The minimum Gasteiger partial charge on any atom is -0.480 e. The molecule has 7 amide bonds. The number of allylic oxidation sites excluding steroid dienone is 2. The zero-order valence-corrected chi connectivity index (χ0v) is 43.0. The van der Waals surface area contributed by atoms with E-state index in [1.165, 1.54) is 27.0 Å². The number of guanidine groups is 2. The lowest BCUT2D eigenvalue weighted by molar-refractivity contribution is -0.144. The van der Waals surface area contributed by atoms with Crippen LogP contribution in [0.5, 0.6) is 0 Å². The Morgan fingerprint density at radius 3 is 1.70 bits per heavy atom. The number of nitrogens with zero attached hydrogens (tertiary/aromatic N) is 2. The molecule has 74 heavy (non-hydrogen) atoms. The number of methoxy groups -OCH3 is 1. The van der Waals surface area contributed by atoms with Crippen molar-refractivity contribution < 1.29 is 62.9 Å². The average Bonchev–Trinajstić information content (AvgIpc) is 3.33. The van der Waals surface area contributed by atoms with Gasteiger partial charge in [-0.15, -0.1) is 0 Å². The van der Waals surface area contributed by atoms with Crippen LogP contribution in [0.3, 0.4) is 0 Å². The van der Waals surface area contributed by atoms with Gasteiger partial charge in [0.15, 0.2) is 11.9 Å². The summed E-state index contributed by atoms with van der Waals surface area (Å²) in [5, 5.41) is 36.9. The first-order valence-corrected chi connectivity index (χ1v) is 23.8.